The summed E-state index contributed by atoms with van der Waals surface area (Å²) in [6, 6.07) is 3.24. The number of morpholine rings is 1. The molecule has 0 aliphatic carbocycles. The first-order chi connectivity index (χ1) is 11.6. The minimum atomic E-state index is -0.477. The van der Waals surface area contributed by atoms with Crippen molar-refractivity contribution in [3.8, 4) is 11.5 Å². The number of nitrogens with one attached hydrogen (secondary N) is 1. The number of nitrogen functional groups attached to an aromatic ring is 1. The molecule has 0 saturated carbocycles. The molecule has 0 amide bonds. The summed E-state index contributed by atoms with van der Waals surface area (Å²) in [6.45, 7) is 6.14. The number of esters is 1. The van der Waals surface area contributed by atoms with Gasteiger partial charge in [0.1, 0.15) is 6.10 Å². The monoisotopic (exact) mass is 338 g/mol. The first-order valence-corrected chi connectivity index (χ1v) is 8.23. The van der Waals surface area contributed by atoms with Crippen LogP contribution in [0, 0.1) is 0 Å². The summed E-state index contributed by atoms with van der Waals surface area (Å²) in [5.74, 6) is 0.472. The molecule has 2 rings (SSSR count). The van der Waals surface area contributed by atoms with Gasteiger partial charge in [-0.25, -0.2) is 4.79 Å². The molecular formula is C17H26N2O5. The second kappa shape index (κ2) is 8.75. The number of nitrogens with two attached hydrogens (primary N) is 1. The van der Waals surface area contributed by atoms with E-state index in [-0.39, 0.29) is 24.3 Å². The van der Waals surface area contributed by atoms with Gasteiger partial charge in [-0.1, -0.05) is 6.92 Å². The Morgan fingerprint density at radius 3 is 2.79 bits per heavy atom. The van der Waals surface area contributed by atoms with Crippen molar-refractivity contribution in [1.29, 1.82) is 0 Å². The standard InChI is InChI=1S/C17H26N2O5/c1-4-14(13-10-22-7-6-19-13)24-16-8-11(17(20)23-5-2)12(18)9-15(16)21-3/h8-9,13-14,19H,4-7,10,18H2,1-3H3. The van der Waals surface area contributed by atoms with Gasteiger partial charge in [-0.15, -0.1) is 0 Å². The molecule has 1 aliphatic heterocycles. The van der Waals surface area contributed by atoms with E-state index in [4.69, 9.17) is 24.7 Å². The van der Waals surface area contributed by atoms with Crippen molar-refractivity contribution >= 4 is 11.7 Å². The molecule has 0 spiro atoms. The fraction of sp³-hybridized carbons (Fsp3) is 0.588. The molecule has 24 heavy (non-hydrogen) atoms. The minimum Gasteiger partial charge on any atom is -0.493 e. The highest BCUT2D eigenvalue weighted by molar-refractivity contribution is 5.96. The average molecular weight is 338 g/mol. The van der Waals surface area contributed by atoms with Gasteiger partial charge in [-0.3, -0.25) is 0 Å². The van der Waals surface area contributed by atoms with Crippen LogP contribution in [0.25, 0.3) is 0 Å². The molecule has 1 aliphatic rings. The molecule has 1 saturated heterocycles. The van der Waals surface area contributed by atoms with Gasteiger partial charge in [-0.2, -0.15) is 0 Å². The van der Waals surface area contributed by atoms with Crippen molar-refractivity contribution in [2.75, 3.05) is 39.2 Å². The maximum atomic E-state index is 12.0. The number of ether oxygens (including phenoxy) is 4. The summed E-state index contributed by atoms with van der Waals surface area (Å²) in [6.07, 6.45) is 0.668. The highest BCUT2D eigenvalue weighted by Gasteiger charge is 2.26. The van der Waals surface area contributed by atoms with E-state index in [1.165, 1.54) is 7.11 Å². The lowest BCUT2D eigenvalue weighted by Gasteiger charge is -2.31. The van der Waals surface area contributed by atoms with Crippen molar-refractivity contribution in [3.63, 3.8) is 0 Å². The van der Waals surface area contributed by atoms with E-state index in [9.17, 15) is 4.79 Å². The smallest absolute Gasteiger partial charge is 0.340 e. The largest absolute Gasteiger partial charge is 0.493 e. The van der Waals surface area contributed by atoms with Crippen LogP contribution in [-0.2, 0) is 9.47 Å². The fourth-order valence-corrected chi connectivity index (χ4v) is 2.65. The van der Waals surface area contributed by atoms with Gasteiger partial charge in [0.25, 0.3) is 0 Å². The van der Waals surface area contributed by atoms with Crippen LogP contribution in [0.1, 0.15) is 30.6 Å². The van der Waals surface area contributed by atoms with Gasteiger partial charge in [0.15, 0.2) is 11.5 Å². The highest BCUT2D eigenvalue weighted by Crippen LogP contribution is 2.34. The summed E-state index contributed by atoms with van der Waals surface area (Å²) in [5, 5.41) is 3.39. The van der Waals surface area contributed by atoms with Gasteiger partial charge in [0, 0.05) is 18.7 Å². The first kappa shape index (κ1) is 18.4. The Balaban J connectivity index is 2.25. The second-order valence-corrected chi connectivity index (χ2v) is 5.51. The fourth-order valence-electron chi connectivity index (χ4n) is 2.65. The van der Waals surface area contributed by atoms with Crippen molar-refractivity contribution in [3.05, 3.63) is 17.7 Å². The number of methoxy groups -OCH3 is 1. The van der Waals surface area contributed by atoms with Gasteiger partial charge < -0.3 is 30.0 Å². The van der Waals surface area contributed by atoms with E-state index in [2.05, 4.69) is 5.32 Å². The number of carbonyl (C=O) groups is 1. The third kappa shape index (κ3) is 4.30. The number of anilines is 1. The molecule has 2 atom stereocenters. The molecule has 3 N–H and O–H groups in total. The average Bonchev–Trinajstić information content (AvgIpc) is 2.61. The predicted octanol–water partition coefficient (Wildman–Crippen LogP) is 1.60. The lowest BCUT2D eigenvalue weighted by Crippen LogP contribution is -2.50. The van der Waals surface area contributed by atoms with E-state index in [0.29, 0.717) is 30.4 Å². The van der Waals surface area contributed by atoms with E-state index >= 15 is 0 Å². The van der Waals surface area contributed by atoms with E-state index in [1.54, 1.807) is 19.1 Å². The van der Waals surface area contributed by atoms with Crippen LogP contribution in [0.4, 0.5) is 5.69 Å². The molecule has 1 aromatic rings. The topological polar surface area (TPSA) is 92.0 Å². The number of carbonyl (C=O) groups excluding carboxylic acids is 1. The van der Waals surface area contributed by atoms with Crippen LogP contribution in [-0.4, -0.2) is 51.6 Å². The molecule has 1 aromatic carbocycles. The zero-order valence-electron chi connectivity index (χ0n) is 14.5. The molecule has 1 heterocycles. The quantitative estimate of drug-likeness (QED) is 0.576. The van der Waals surface area contributed by atoms with Crippen molar-refractivity contribution in [2.45, 2.75) is 32.4 Å². The normalized spacial score (nSPS) is 18.7. The highest BCUT2D eigenvalue weighted by atomic mass is 16.5. The molecule has 134 valence electrons. The van der Waals surface area contributed by atoms with Crippen LogP contribution >= 0.6 is 0 Å². The minimum absolute atomic E-state index is 0.0806. The molecule has 2 unspecified atom stereocenters. The van der Waals surface area contributed by atoms with Crippen molar-refractivity contribution < 1.29 is 23.7 Å². The number of hydrogen-bond donors (Lipinski definition) is 2. The molecule has 0 bridgehead atoms. The summed E-state index contributed by atoms with van der Waals surface area (Å²) >= 11 is 0. The van der Waals surface area contributed by atoms with Crippen LogP contribution in [0.2, 0.25) is 0 Å². The Hall–Kier alpha value is -1.99. The molecule has 7 nitrogen and oxygen atoms in total. The van der Waals surface area contributed by atoms with E-state index in [0.717, 1.165) is 13.0 Å². The maximum Gasteiger partial charge on any atom is 0.340 e. The Kier molecular flexibility index (Phi) is 6.69. The Morgan fingerprint density at radius 2 is 2.21 bits per heavy atom. The lowest BCUT2D eigenvalue weighted by atomic mass is 10.1. The first-order valence-electron chi connectivity index (χ1n) is 8.23. The third-order valence-electron chi connectivity index (χ3n) is 3.91. The van der Waals surface area contributed by atoms with E-state index in [1.807, 2.05) is 6.92 Å². The van der Waals surface area contributed by atoms with Crippen LogP contribution in [0.3, 0.4) is 0 Å². The summed E-state index contributed by atoms with van der Waals surface area (Å²) in [5.41, 5.74) is 6.50. The van der Waals surface area contributed by atoms with E-state index < -0.39 is 5.97 Å². The molecule has 7 heteroatoms. The summed E-state index contributed by atoms with van der Waals surface area (Å²) < 4.78 is 22.0. The number of rotatable bonds is 7. The summed E-state index contributed by atoms with van der Waals surface area (Å²) in [7, 11) is 1.54. The van der Waals surface area contributed by atoms with Gasteiger partial charge in [0.05, 0.1) is 44.2 Å². The van der Waals surface area contributed by atoms with Crippen LogP contribution < -0.4 is 20.5 Å². The Labute approximate surface area is 142 Å². The SMILES string of the molecule is CCOC(=O)c1cc(OC(CC)C2COCCN2)c(OC)cc1N. The third-order valence-corrected chi connectivity index (χ3v) is 3.91. The van der Waals surface area contributed by atoms with Crippen LogP contribution in [0.15, 0.2) is 12.1 Å². The Bertz CT molecular complexity index is 558. The lowest BCUT2D eigenvalue weighted by molar-refractivity contribution is 0.0257. The van der Waals surface area contributed by atoms with Gasteiger partial charge >= 0.3 is 5.97 Å². The summed E-state index contributed by atoms with van der Waals surface area (Å²) in [4.78, 5) is 12.0. The molecule has 0 radical (unpaired) electrons. The van der Waals surface area contributed by atoms with Gasteiger partial charge in [0.2, 0.25) is 0 Å². The zero-order valence-corrected chi connectivity index (χ0v) is 14.5. The zero-order chi connectivity index (χ0) is 17.5. The molecule has 0 aromatic heterocycles. The number of hydrogen-bond acceptors (Lipinski definition) is 7. The van der Waals surface area contributed by atoms with Gasteiger partial charge in [-0.05, 0) is 13.3 Å². The Morgan fingerprint density at radius 1 is 1.42 bits per heavy atom. The number of benzene rings is 1. The van der Waals surface area contributed by atoms with Crippen LogP contribution in [0.5, 0.6) is 11.5 Å². The van der Waals surface area contributed by atoms with Crippen molar-refractivity contribution in [2.24, 2.45) is 0 Å². The molecule has 1 fully saturated rings. The predicted molar refractivity (Wildman–Crippen MR) is 90.7 cm³/mol. The second-order valence-electron chi connectivity index (χ2n) is 5.51. The maximum absolute atomic E-state index is 12.0. The van der Waals surface area contributed by atoms with Crippen molar-refractivity contribution in [1.82, 2.24) is 5.32 Å². The molecular weight excluding hydrogens is 312 g/mol.